The van der Waals surface area contributed by atoms with Crippen molar-refractivity contribution in [3.05, 3.63) is 17.6 Å². The maximum absolute atomic E-state index is 9.49. The second-order valence-electron chi connectivity index (χ2n) is 6.95. The van der Waals surface area contributed by atoms with Crippen LogP contribution < -0.4 is 4.90 Å². The number of aryl methyl sites for hydroxylation is 1. The highest BCUT2D eigenvalue weighted by Crippen LogP contribution is 2.28. The van der Waals surface area contributed by atoms with Crippen molar-refractivity contribution in [3.8, 4) is 0 Å². The first-order valence-corrected chi connectivity index (χ1v) is 8.57. The van der Waals surface area contributed by atoms with Gasteiger partial charge in [0, 0.05) is 31.4 Å². The summed E-state index contributed by atoms with van der Waals surface area (Å²) in [4.78, 5) is 13.7. The van der Waals surface area contributed by atoms with E-state index in [0.29, 0.717) is 0 Å². The molecule has 1 aliphatic heterocycles. The van der Waals surface area contributed by atoms with E-state index in [2.05, 4.69) is 26.8 Å². The summed E-state index contributed by atoms with van der Waals surface area (Å²) in [5, 5.41) is 9.49. The van der Waals surface area contributed by atoms with Crippen molar-refractivity contribution in [1.82, 2.24) is 14.9 Å². The lowest BCUT2D eigenvalue weighted by molar-refractivity contribution is 0.101. The van der Waals surface area contributed by atoms with Crippen molar-refractivity contribution in [2.75, 3.05) is 38.1 Å². The Labute approximate surface area is 133 Å². The van der Waals surface area contributed by atoms with Crippen LogP contribution in [0.3, 0.4) is 0 Å². The van der Waals surface area contributed by atoms with Crippen LogP contribution in [0.2, 0.25) is 0 Å². The molecule has 1 aromatic heterocycles. The third-order valence-electron chi connectivity index (χ3n) is 4.98. The first kappa shape index (κ1) is 15.7. The molecule has 5 nitrogen and oxygen atoms in total. The average molecular weight is 304 g/mol. The average Bonchev–Trinajstić information content (AvgIpc) is 2.97. The van der Waals surface area contributed by atoms with E-state index >= 15 is 0 Å². The van der Waals surface area contributed by atoms with Crippen molar-refractivity contribution >= 4 is 5.82 Å². The topological polar surface area (TPSA) is 52.5 Å². The van der Waals surface area contributed by atoms with Crippen LogP contribution in [-0.2, 0) is 12.8 Å². The summed E-state index contributed by atoms with van der Waals surface area (Å²) in [5.41, 5.74) is 2.63. The van der Waals surface area contributed by atoms with Crippen LogP contribution in [0.5, 0.6) is 0 Å². The Balaban J connectivity index is 1.55. The minimum absolute atomic E-state index is 0.220. The maximum atomic E-state index is 9.49. The predicted octanol–water partition coefficient (Wildman–Crippen LogP) is 1.49. The molecule has 3 rings (SSSR count). The minimum atomic E-state index is -0.220. The fourth-order valence-electron chi connectivity index (χ4n) is 3.87. The quantitative estimate of drug-likeness (QED) is 0.893. The number of β-amino-alcohol motifs (C(OH)–C–C–N with tert-alkyl or cyclic N) is 1. The number of anilines is 1. The van der Waals surface area contributed by atoms with Crippen LogP contribution >= 0.6 is 0 Å². The Bertz CT molecular complexity index is 497. The van der Waals surface area contributed by atoms with Gasteiger partial charge in [-0.2, -0.15) is 0 Å². The van der Waals surface area contributed by atoms with Crippen molar-refractivity contribution in [2.45, 2.75) is 45.1 Å². The summed E-state index contributed by atoms with van der Waals surface area (Å²) in [7, 11) is 2.17. The van der Waals surface area contributed by atoms with E-state index < -0.39 is 0 Å². The van der Waals surface area contributed by atoms with Crippen molar-refractivity contribution in [3.63, 3.8) is 0 Å². The molecule has 0 saturated carbocycles. The highest BCUT2D eigenvalue weighted by Gasteiger charge is 2.24. The third-order valence-corrected chi connectivity index (χ3v) is 4.98. The Morgan fingerprint density at radius 2 is 2.09 bits per heavy atom. The molecule has 2 heterocycles. The van der Waals surface area contributed by atoms with Crippen LogP contribution in [0.4, 0.5) is 5.82 Å². The second kappa shape index (κ2) is 6.92. The Morgan fingerprint density at radius 1 is 1.32 bits per heavy atom. The van der Waals surface area contributed by atoms with Gasteiger partial charge < -0.3 is 14.9 Å². The van der Waals surface area contributed by atoms with Gasteiger partial charge in [0.15, 0.2) is 0 Å². The van der Waals surface area contributed by atoms with Crippen LogP contribution in [-0.4, -0.2) is 59.3 Å². The molecule has 1 saturated heterocycles. The van der Waals surface area contributed by atoms with E-state index in [1.54, 1.807) is 6.33 Å². The molecule has 1 aromatic rings. The summed E-state index contributed by atoms with van der Waals surface area (Å²) >= 11 is 0. The standard InChI is InChI=1S/C17H28N4O/c1-13(22)10-21-8-6-14(7-9-21)11-20(2)17-15-4-3-5-16(15)18-12-19-17/h12-14,22H,3-11H2,1-2H3/t13-/m1/s1. The maximum Gasteiger partial charge on any atom is 0.135 e. The van der Waals surface area contributed by atoms with E-state index in [4.69, 9.17) is 0 Å². The van der Waals surface area contributed by atoms with Crippen molar-refractivity contribution < 1.29 is 5.11 Å². The molecule has 1 atom stereocenters. The van der Waals surface area contributed by atoms with Gasteiger partial charge in [-0.3, -0.25) is 0 Å². The summed E-state index contributed by atoms with van der Waals surface area (Å²) in [5.74, 6) is 1.87. The number of likely N-dealkylation sites (tertiary alicyclic amines) is 1. The monoisotopic (exact) mass is 304 g/mol. The SMILES string of the molecule is C[C@@H](O)CN1CCC(CN(C)c2ncnc3c2CCC3)CC1. The first-order valence-electron chi connectivity index (χ1n) is 8.57. The van der Waals surface area contributed by atoms with Gasteiger partial charge in [-0.15, -0.1) is 0 Å². The van der Waals surface area contributed by atoms with Crippen LogP contribution in [0.25, 0.3) is 0 Å². The van der Waals surface area contributed by atoms with Crippen LogP contribution in [0.1, 0.15) is 37.4 Å². The van der Waals surface area contributed by atoms with Crippen molar-refractivity contribution in [1.29, 1.82) is 0 Å². The lowest BCUT2D eigenvalue weighted by Gasteiger charge is -2.35. The number of aliphatic hydroxyl groups is 1. The highest BCUT2D eigenvalue weighted by molar-refractivity contribution is 5.49. The fourth-order valence-corrected chi connectivity index (χ4v) is 3.87. The molecular formula is C17H28N4O. The summed E-state index contributed by atoms with van der Waals surface area (Å²) < 4.78 is 0. The van der Waals surface area contributed by atoms with E-state index in [-0.39, 0.29) is 6.10 Å². The molecule has 0 radical (unpaired) electrons. The van der Waals surface area contributed by atoms with Gasteiger partial charge in [0.1, 0.15) is 12.1 Å². The number of rotatable bonds is 5. The highest BCUT2D eigenvalue weighted by atomic mass is 16.3. The molecule has 0 unspecified atom stereocenters. The van der Waals surface area contributed by atoms with Crippen LogP contribution in [0.15, 0.2) is 6.33 Å². The van der Waals surface area contributed by atoms with Gasteiger partial charge >= 0.3 is 0 Å². The van der Waals surface area contributed by atoms with E-state index in [1.807, 2.05) is 6.92 Å². The Hall–Kier alpha value is -1.20. The fraction of sp³-hybridized carbons (Fsp3) is 0.765. The first-order chi connectivity index (χ1) is 10.6. The second-order valence-corrected chi connectivity index (χ2v) is 6.95. The number of hydrogen-bond donors (Lipinski definition) is 1. The zero-order valence-corrected chi connectivity index (χ0v) is 13.8. The number of aliphatic hydroxyl groups excluding tert-OH is 1. The molecule has 2 aliphatic rings. The minimum Gasteiger partial charge on any atom is -0.392 e. The van der Waals surface area contributed by atoms with E-state index in [9.17, 15) is 5.11 Å². The van der Waals surface area contributed by atoms with Crippen molar-refractivity contribution in [2.24, 2.45) is 5.92 Å². The molecule has 122 valence electrons. The molecule has 0 spiro atoms. The Morgan fingerprint density at radius 3 is 2.82 bits per heavy atom. The lowest BCUT2D eigenvalue weighted by Crippen LogP contribution is -2.40. The van der Waals surface area contributed by atoms with Gasteiger partial charge in [0.2, 0.25) is 0 Å². The number of hydrogen-bond acceptors (Lipinski definition) is 5. The number of piperidine rings is 1. The van der Waals surface area contributed by atoms with Gasteiger partial charge in [-0.05, 0) is 58.0 Å². The molecule has 5 heteroatoms. The van der Waals surface area contributed by atoms with Gasteiger partial charge in [0.05, 0.1) is 6.10 Å². The molecule has 0 amide bonds. The molecule has 22 heavy (non-hydrogen) atoms. The molecule has 0 bridgehead atoms. The zero-order valence-electron chi connectivity index (χ0n) is 13.8. The predicted molar refractivity (Wildman–Crippen MR) is 88.2 cm³/mol. The number of fused-ring (bicyclic) bond motifs is 1. The molecular weight excluding hydrogens is 276 g/mol. The molecule has 1 N–H and O–H groups in total. The molecule has 1 aliphatic carbocycles. The summed E-state index contributed by atoms with van der Waals surface area (Å²) in [6, 6.07) is 0. The summed E-state index contributed by atoms with van der Waals surface area (Å²) in [6.07, 6.45) is 7.38. The van der Waals surface area contributed by atoms with Gasteiger partial charge in [-0.1, -0.05) is 0 Å². The van der Waals surface area contributed by atoms with Gasteiger partial charge in [-0.25, -0.2) is 9.97 Å². The largest absolute Gasteiger partial charge is 0.392 e. The van der Waals surface area contributed by atoms with Gasteiger partial charge in [0.25, 0.3) is 0 Å². The molecule has 1 fully saturated rings. The Kier molecular flexibility index (Phi) is 4.93. The van der Waals surface area contributed by atoms with E-state index in [0.717, 1.165) is 50.8 Å². The number of aromatic nitrogens is 2. The smallest absolute Gasteiger partial charge is 0.135 e. The van der Waals surface area contributed by atoms with Crippen LogP contribution in [0, 0.1) is 5.92 Å². The zero-order chi connectivity index (χ0) is 15.5. The third kappa shape index (κ3) is 3.58. The molecule has 0 aromatic carbocycles. The normalized spacial score (nSPS) is 20.9. The lowest BCUT2D eigenvalue weighted by atomic mass is 9.96. The number of nitrogens with zero attached hydrogens (tertiary/aromatic N) is 4. The van der Waals surface area contributed by atoms with E-state index in [1.165, 1.54) is 30.5 Å². The summed E-state index contributed by atoms with van der Waals surface area (Å²) in [6.45, 7) is 5.96.